The van der Waals surface area contributed by atoms with Gasteiger partial charge in [0, 0.05) is 17.1 Å². The minimum absolute atomic E-state index is 0.0611. The molecule has 0 bridgehead atoms. The third kappa shape index (κ3) is 9.23. The van der Waals surface area contributed by atoms with E-state index in [1.54, 1.807) is 42.1 Å². The van der Waals surface area contributed by atoms with Gasteiger partial charge in [0.15, 0.2) is 0 Å². The highest BCUT2D eigenvalue weighted by Gasteiger charge is 2.30. The number of alkyl halides is 3. The summed E-state index contributed by atoms with van der Waals surface area (Å²) in [7, 11) is -3.65. The Morgan fingerprint density at radius 2 is 1.46 bits per heavy atom. The van der Waals surface area contributed by atoms with Crippen LogP contribution in [0.15, 0.2) is 72.8 Å². The molecule has 9 heteroatoms. The van der Waals surface area contributed by atoms with Crippen molar-refractivity contribution in [2.24, 2.45) is 0 Å². The molecule has 0 aliphatic rings. The second-order valence-electron chi connectivity index (χ2n) is 8.78. The molecule has 0 heterocycles. The van der Waals surface area contributed by atoms with E-state index >= 15 is 0 Å². The van der Waals surface area contributed by atoms with Crippen LogP contribution in [0.3, 0.4) is 0 Å². The Bertz CT molecular complexity index is 1270. The normalized spacial score (nSPS) is 11.9. The first kappa shape index (κ1) is 28.8. The van der Waals surface area contributed by atoms with E-state index in [-0.39, 0.29) is 11.3 Å². The maximum atomic E-state index is 13.0. The molecule has 3 aromatic carbocycles. The van der Waals surface area contributed by atoms with Gasteiger partial charge in [0.2, 0.25) is 10.0 Å². The highest BCUT2D eigenvalue weighted by molar-refractivity contribution is 7.97. The van der Waals surface area contributed by atoms with Crippen molar-refractivity contribution in [1.29, 1.82) is 0 Å². The monoisotopic (exact) mass is 549 g/mol. The molecule has 0 saturated carbocycles. The molecule has 0 fully saturated rings. The zero-order valence-electron chi connectivity index (χ0n) is 20.6. The maximum Gasteiger partial charge on any atom is 0.416 e. The molecule has 0 aliphatic heterocycles. The predicted octanol–water partition coefficient (Wildman–Crippen LogP) is 7.45. The van der Waals surface area contributed by atoms with Gasteiger partial charge in [-0.3, -0.25) is 4.79 Å². The molecule has 0 saturated heterocycles. The Kier molecular flexibility index (Phi) is 10.2. The number of unbranched alkanes of at least 4 members (excludes halogenated alkanes) is 3. The number of halogens is 3. The Hall–Kier alpha value is -2.78. The summed E-state index contributed by atoms with van der Waals surface area (Å²) < 4.78 is 65.2. The van der Waals surface area contributed by atoms with Gasteiger partial charge in [-0.1, -0.05) is 74.7 Å². The second-order valence-corrected chi connectivity index (χ2v) is 11.6. The van der Waals surface area contributed by atoms with Crippen molar-refractivity contribution in [3.05, 3.63) is 95.1 Å². The van der Waals surface area contributed by atoms with E-state index in [2.05, 4.69) is 4.72 Å². The molecule has 1 N–H and O–H groups in total. The molecule has 0 unspecified atom stereocenters. The van der Waals surface area contributed by atoms with E-state index in [0.717, 1.165) is 48.1 Å². The van der Waals surface area contributed by atoms with Crippen LogP contribution < -0.4 is 4.72 Å². The summed E-state index contributed by atoms with van der Waals surface area (Å²) >= 11 is 1.66. The molecular formula is C28H30F3NO3S2. The number of hydrogen-bond donors (Lipinski definition) is 1. The van der Waals surface area contributed by atoms with E-state index in [0.29, 0.717) is 23.5 Å². The molecule has 3 rings (SSSR count). The summed E-state index contributed by atoms with van der Waals surface area (Å²) in [5.74, 6) is 0.707. The van der Waals surface area contributed by atoms with Crippen LogP contribution in [0.4, 0.5) is 13.2 Å². The number of amides is 1. The van der Waals surface area contributed by atoms with Gasteiger partial charge in [-0.05, 0) is 52.9 Å². The Morgan fingerprint density at radius 3 is 2.05 bits per heavy atom. The molecule has 198 valence electrons. The number of carbonyl (C=O) groups excluding carboxylic acids is 1. The standard InChI is InChI=1S/C28H30F3NO3S2/c1-2-3-4-5-17-37(34,35)32-27(33)24-15-11-22(12-16-24)20-36-19-21-9-13-23(14-10-21)25-7-6-8-26(18-25)28(29,30)31/h6-16,18H,2-5,17,19-20H2,1H3,(H,32,33). The molecule has 37 heavy (non-hydrogen) atoms. The Labute approximate surface area is 220 Å². The number of nitrogens with one attached hydrogen (secondary N) is 1. The largest absolute Gasteiger partial charge is 0.416 e. The van der Waals surface area contributed by atoms with Crippen LogP contribution in [0.1, 0.15) is 59.7 Å². The topological polar surface area (TPSA) is 63.2 Å². The molecular weight excluding hydrogens is 519 g/mol. The minimum Gasteiger partial charge on any atom is -0.268 e. The minimum atomic E-state index is -4.37. The first-order chi connectivity index (χ1) is 17.6. The van der Waals surface area contributed by atoms with Gasteiger partial charge in [-0.2, -0.15) is 24.9 Å². The fourth-order valence-corrected chi connectivity index (χ4v) is 5.72. The first-order valence-corrected chi connectivity index (χ1v) is 14.9. The third-order valence-corrected chi connectivity index (χ3v) is 8.14. The van der Waals surface area contributed by atoms with Gasteiger partial charge in [0.05, 0.1) is 11.3 Å². The average Bonchev–Trinajstić information content (AvgIpc) is 2.87. The van der Waals surface area contributed by atoms with E-state index in [1.807, 2.05) is 31.2 Å². The lowest BCUT2D eigenvalue weighted by atomic mass is 10.0. The number of rotatable bonds is 12. The Balaban J connectivity index is 1.48. The molecule has 0 radical (unpaired) electrons. The molecule has 4 nitrogen and oxygen atoms in total. The van der Waals surface area contributed by atoms with E-state index in [4.69, 9.17) is 0 Å². The first-order valence-electron chi connectivity index (χ1n) is 12.1. The summed E-state index contributed by atoms with van der Waals surface area (Å²) in [6.45, 7) is 2.04. The maximum absolute atomic E-state index is 13.0. The molecule has 0 aliphatic carbocycles. The highest BCUT2D eigenvalue weighted by Crippen LogP contribution is 2.32. The Morgan fingerprint density at radius 1 is 0.838 bits per heavy atom. The van der Waals surface area contributed by atoms with Gasteiger partial charge in [0.25, 0.3) is 5.91 Å². The van der Waals surface area contributed by atoms with E-state index in [1.165, 1.54) is 6.07 Å². The van der Waals surface area contributed by atoms with Gasteiger partial charge >= 0.3 is 6.18 Å². The number of thioether (sulfide) groups is 1. The lowest BCUT2D eigenvalue weighted by Gasteiger charge is -2.10. The van der Waals surface area contributed by atoms with Gasteiger partial charge in [0.1, 0.15) is 0 Å². The van der Waals surface area contributed by atoms with Gasteiger partial charge in [-0.25, -0.2) is 13.1 Å². The van der Waals surface area contributed by atoms with Gasteiger partial charge < -0.3 is 0 Å². The van der Waals surface area contributed by atoms with Crippen LogP contribution in [0, 0.1) is 0 Å². The van der Waals surface area contributed by atoms with E-state index in [9.17, 15) is 26.4 Å². The molecule has 0 atom stereocenters. The van der Waals surface area contributed by atoms with Crippen LogP contribution in [0.2, 0.25) is 0 Å². The molecule has 1 amide bonds. The van der Waals surface area contributed by atoms with Crippen molar-refractivity contribution < 1.29 is 26.4 Å². The summed E-state index contributed by atoms with van der Waals surface area (Å²) in [5.41, 5.74) is 2.89. The second kappa shape index (κ2) is 13.1. The summed E-state index contributed by atoms with van der Waals surface area (Å²) in [4.78, 5) is 12.3. The smallest absolute Gasteiger partial charge is 0.268 e. The summed E-state index contributed by atoms with van der Waals surface area (Å²) in [5, 5.41) is 0. The molecule has 0 aromatic heterocycles. The van der Waals surface area contributed by atoms with Crippen LogP contribution in [-0.2, 0) is 27.7 Å². The average molecular weight is 550 g/mol. The number of sulfonamides is 1. The number of benzene rings is 3. The van der Waals surface area contributed by atoms with Crippen molar-refractivity contribution in [3.63, 3.8) is 0 Å². The fraction of sp³-hybridized carbons (Fsp3) is 0.321. The van der Waals surface area contributed by atoms with Crippen LogP contribution in [0.25, 0.3) is 11.1 Å². The van der Waals surface area contributed by atoms with Crippen molar-refractivity contribution >= 4 is 27.7 Å². The lowest BCUT2D eigenvalue weighted by Crippen LogP contribution is -2.32. The van der Waals surface area contributed by atoms with Crippen molar-refractivity contribution in [1.82, 2.24) is 4.72 Å². The summed E-state index contributed by atoms with van der Waals surface area (Å²) in [6.07, 6.45) is -1.06. The van der Waals surface area contributed by atoms with Crippen LogP contribution >= 0.6 is 11.8 Å². The highest BCUT2D eigenvalue weighted by atomic mass is 32.2. The number of hydrogen-bond acceptors (Lipinski definition) is 4. The zero-order valence-corrected chi connectivity index (χ0v) is 22.2. The van der Waals surface area contributed by atoms with Crippen LogP contribution in [0.5, 0.6) is 0 Å². The lowest BCUT2D eigenvalue weighted by molar-refractivity contribution is -0.137. The van der Waals surface area contributed by atoms with Crippen LogP contribution in [-0.4, -0.2) is 20.1 Å². The third-order valence-electron chi connectivity index (χ3n) is 5.75. The fourth-order valence-electron chi connectivity index (χ4n) is 3.68. The molecule has 3 aromatic rings. The van der Waals surface area contributed by atoms with Crippen molar-refractivity contribution in [2.75, 3.05) is 5.75 Å². The summed E-state index contributed by atoms with van der Waals surface area (Å²) in [6, 6.07) is 19.5. The van der Waals surface area contributed by atoms with Gasteiger partial charge in [-0.15, -0.1) is 0 Å². The predicted molar refractivity (Wildman–Crippen MR) is 144 cm³/mol. The molecule has 0 spiro atoms. The zero-order chi connectivity index (χ0) is 26.9. The quantitative estimate of drug-likeness (QED) is 0.239. The number of carbonyl (C=O) groups is 1. The van der Waals surface area contributed by atoms with Crippen molar-refractivity contribution in [2.45, 2.75) is 50.3 Å². The SMILES string of the molecule is CCCCCCS(=O)(=O)NC(=O)c1ccc(CSCc2ccc(-c3cccc(C(F)(F)F)c3)cc2)cc1. The van der Waals surface area contributed by atoms with Crippen molar-refractivity contribution in [3.8, 4) is 11.1 Å². The van der Waals surface area contributed by atoms with E-state index < -0.39 is 27.7 Å².